The molecule has 2 heterocycles. The Hall–Kier alpha value is -3.86. The summed E-state index contributed by atoms with van der Waals surface area (Å²) in [6.07, 6.45) is 8.96. The van der Waals surface area contributed by atoms with Crippen molar-refractivity contribution in [2.24, 2.45) is 0 Å². The maximum atomic E-state index is 6.11. The third kappa shape index (κ3) is 5.70. The quantitative estimate of drug-likeness (QED) is 0.134. The van der Waals surface area contributed by atoms with Crippen LogP contribution in [-0.2, 0) is 26.2 Å². The molecule has 200 valence electrons. The Balaban J connectivity index is 1.23. The van der Waals surface area contributed by atoms with Gasteiger partial charge in [0.2, 0.25) is 12.7 Å². The Morgan fingerprint density at radius 3 is 1.38 bits per heavy atom. The van der Waals surface area contributed by atoms with Gasteiger partial charge >= 0.3 is 0 Å². The summed E-state index contributed by atoms with van der Waals surface area (Å²) in [5.41, 5.74) is 9.90. The highest BCUT2D eigenvalue weighted by atomic mass is 35.5. The molecule has 4 nitrogen and oxygen atoms in total. The Labute approximate surface area is 244 Å². The molecule has 0 spiro atoms. The van der Waals surface area contributed by atoms with Crippen molar-refractivity contribution < 1.29 is 9.13 Å². The van der Waals surface area contributed by atoms with E-state index in [1.807, 2.05) is 24.3 Å². The van der Waals surface area contributed by atoms with Gasteiger partial charge in [0.1, 0.15) is 26.2 Å². The molecule has 0 saturated carbocycles. The SMILES string of the molecule is Cc1ccc2c(c1)n(Cc1ccc(Cl)cc1)c[n+]2C/C=C\C[n+]1cn(Cc2ccc(Cl)cc2)c2cc(C)ccc21. The van der Waals surface area contributed by atoms with E-state index in [0.29, 0.717) is 0 Å². The summed E-state index contributed by atoms with van der Waals surface area (Å²) in [6.45, 7) is 7.50. The molecule has 0 aliphatic carbocycles. The number of halogens is 2. The van der Waals surface area contributed by atoms with E-state index in [1.54, 1.807) is 0 Å². The zero-order valence-electron chi connectivity index (χ0n) is 22.8. The smallest absolute Gasteiger partial charge is 0.226 e. The Kier molecular flexibility index (Phi) is 7.46. The fourth-order valence-electron chi connectivity index (χ4n) is 5.29. The molecule has 0 N–H and O–H groups in total. The van der Waals surface area contributed by atoms with E-state index in [0.717, 1.165) is 36.2 Å². The monoisotopic (exact) mass is 566 g/mol. The van der Waals surface area contributed by atoms with Gasteiger partial charge in [-0.05, 0) is 96.8 Å². The topological polar surface area (TPSA) is 17.6 Å². The van der Waals surface area contributed by atoms with Gasteiger partial charge in [0.05, 0.1) is 0 Å². The van der Waals surface area contributed by atoms with Gasteiger partial charge in [0.15, 0.2) is 22.1 Å². The van der Waals surface area contributed by atoms with Gasteiger partial charge in [0.25, 0.3) is 0 Å². The molecule has 0 aliphatic heterocycles. The molecule has 6 aromatic rings. The molecule has 0 radical (unpaired) electrons. The van der Waals surface area contributed by atoms with Crippen LogP contribution < -0.4 is 9.13 Å². The first kappa shape index (κ1) is 26.4. The highest BCUT2D eigenvalue weighted by molar-refractivity contribution is 6.30. The van der Waals surface area contributed by atoms with Gasteiger partial charge in [0, 0.05) is 10.0 Å². The highest BCUT2D eigenvalue weighted by Crippen LogP contribution is 2.18. The fourth-order valence-corrected chi connectivity index (χ4v) is 5.54. The minimum Gasteiger partial charge on any atom is -0.226 e. The minimum atomic E-state index is 0.762. The number of hydrogen-bond donors (Lipinski definition) is 0. The first-order valence-electron chi connectivity index (χ1n) is 13.5. The number of hydrogen-bond acceptors (Lipinski definition) is 0. The first-order valence-corrected chi connectivity index (χ1v) is 14.3. The molecule has 0 fully saturated rings. The number of nitrogens with zero attached hydrogens (tertiary/aromatic N) is 4. The summed E-state index contributed by atoms with van der Waals surface area (Å²) in [6, 6.07) is 29.5. The van der Waals surface area contributed by atoms with Crippen molar-refractivity contribution in [3.63, 3.8) is 0 Å². The van der Waals surface area contributed by atoms with Crippen molar-refractivity contribution >= 4 is 45.3 Å². The molecule has 0 saturated heterocycles. The molecule has 40 heavy (non-hydrogen) atoms. The van der Waals surface area contributed by atoms with Crippen LogP contribution >= 0.6 is 23.2 Å². The Morgan fingerprint density at radius 2 is 0.975 bits per heavy atom. The van der Waals surface area contributed by atoms with Gasteiger partial charge in [-0.15, -0.1) is 0 Å². The molecule has 0 unspecified atom stereocenters. The van der Waals surface area contributed by atoms with E-state index in [4.69, 9.17) is 23.2 Å². The van der Waals surface area contributed by atoms with Crippen molar-refractivity contribution in [3.8, 4) is 0 Å². The van der Waals surface area contributed by atoms with E-state index >= 15 is 0 Å². The van der Waals surface area contributed by atoms with Crippen LogP contribution in [0.2, 0.25) is 10.0 Å². The average Bonchev–Trinajstić information content (AvgIpc) is 3.45. The lowest BCUT2D eigenvalue weighted by Gasteiger charge is -1.99. The molecule has 6 heteroatoms. The van der Waals surface area contributed by atoms with Crippen molar-refractivity contribution in [2.45, 2.75) is 40.0 Å². The third-order valence-electron chi connectivity index (χ3n) is 7.36. The predicted molar refractivity (Wildman–Crippen MR) is 164 cm³/mol. The van der Waals surface area contributed by atoms with Crippen LogP contribution in [0.4, 0.5) is 0 Å². The number of imidazole rings is 2. The van der Waals surface area contributed by atoms with Crippen LogP contribution in [-0.4, -0.2) is 9.13 Å². The van der Waals surface area contributed by atoms with E-state index in [2.05, 4.69) is 118 Å². The lowest BCUT2D eigenvalue weighted by Crippen LogP contribution is -2.33. The summed E-state index contributed by atoms with van der Waals surface area (Å²) >= 11 is 12.2. The summed E-state index contributed by atoms with van der Waals surface area (Å²) in [5, 5.41) is 1.52. The van der Waals surface area contributed by atoms with Crippen LogP contribution in [0.1, 0.15) is 22.3 Å². The standard InChI is InChI=1S/C34H32Cl2N4/c1-25-5-15-31-33(19-25)39(21-27-7-11-29(35)12-8-27)23-37(31)17-3-4-18-38-24-40(22-28-9-13-30(36)14-10-28)34-20-26(2)6-16-32(34)38/h3-16,19-20,23-24H,17-18,21-22H2,1-2H3/q+2/b4-3-. The van der Waals surface area contributed by atoms with Crippen molar-refractivity contribution in [1.29, 1.82) is 0 Å². The van der Waals surface area contributed by atoms with Crippen LogP contribution in [0.5, 0.6) is 0 Å². The zero-order chi connectivity index (χ0) is 27.6. The molecule has 6 rings (SSSR count). The maximum absolute atomic E-state index is 6.11. The van der Waals surface area contributed by atoms with Crippen LogP contribution in [0, 0.1) is 13.8 Å². The second kappa shape index (κ2) is 11.3. The summed E-state index contributed by atoms with van der Waals surface area (Å²) in [4.78, 5) is 0. The summed E-state index contributed by atoms with van der Waals surface area (Å²) in [5.74, 6) is 0. The molecule has 2 aromatic heterocycles. The molecule has 4 aromatic carbocycles. The molecule has 0 aliphatic rings. The Morgan fingerprint density at radius 1 is 0.575 bits per heavy atom. The van der Waals surface area contributed by atoms with E-state index in [1.165, 1.54) is 44.3 Å². The molecular formula is C34H32Cl2N4+2. The zero-order valence-corrected chi connectivity index (χ0v) is 24.3. The van der Waals surface area contributed by atoms with Crippen LogP contribution in [0.15, 0.2) is 110 Å². The molecule has 0 atom stereocenters. The van der Waals surface area contributed by atoms with Gasteiger partial charge in [-0.2, -0.15) is 0 Å². The Bertz CT molecular complexity index is 1690. The third-order valence-corrected chi connectivity index (χ3v) is 7.86. The maximum Gasteiger partial charge on any atom is 0.245 e. The molecule has 0 amide bonds. The normalized spacial score (nSPS) is 11.8. The van der Waals surface area contributed by atoms with E-state index in [9.17, 15) is 0 Å². The summed E-state index contributed by atoms with van der Waals surface area (Å²) in [7, 11) is 0. The van der Waals surface area contributed by atoms with Crippen LogP contribution in [0.25, 0.3) is 22.1 Å². The number of allylic oxidation sites excluding steroid dienone is 2. The highest BCUT2D eigenvalue weighted by Gasteiger charge is 2.17. The second-order valence-electron chi connectivity index (χ2n) is 10.5. The fraction of sp³-hybridized carbons (Fsp3) is 0.176. The van der Waals surface area contributed by atoms with E-state index in [-0.39, 0.29) is 0 Å². The van der Waals surface area contributed by atoms with Gasteiger partial charge in [-0.1, -0.05) is 59.6 Å². The van der Waals surface area contributed by atoms with Crippen molar-refractivity contribution in [3.05, 3.63) is 142 Å². The lowest BCUT2D eigenvalue weighted by atomic mass is 10.2. The number of rotatable bonds is 8. The molecule has 0 bridgehead atoms. The average molecular weight is 568 g/mol. The van der Waals surface area contributed by atoms with E-state index < -0.39 is 0 Å². The van der Waals surface area contributed by atoms with Crippen LogP contribution in [0.3, 0.4) is 0 Å². The number of benzene rings is 4. The van der Waals surface area contributed by atoms with Gasteiger partial charge < -0.3 is 0 Å². The largest absolute Gasteiger partial charge is 0.245 e. The second-order valence-corrected chi connectivity index (χ2v) is 11.4. The van der Waals surface area contributed by atoms with Gasteiger partial charge in [-0.3, -0.25) is 0 Å². The molecular weight excluding hydrogens is 535 g/mol. The number of aromatic nitrogens is 4. The number of fused-ring (bicyclic) bond motifs is 2. The van der Waals surface area contributed by atoms with Gasteiger partial charge in [-0.25, -0.2) is 18.3 Å². The lowest BCUT2D eigenvalue weighted by molar-refractivity contribution is -0.666. The number of aryl methyl sites for hydroxylation is 2. The minimum absolute atomic E-state index is 0.762. The summed E-state index contributed by atoms with van der Waals surface area (Å²) < 4.78 is 9.28. The first-order chi connectivity index (χ1) is 19.4. The predicted octanol–water partition coefficient (Wildman–Crippen LogP) is 7.45. The van der Waals surface area contributed by atoms with Crippen molar-refractivity contribution in [1.82, 2.24) is 9.13 Å². The van der Waals surface area contributed by atoms with Crippen molar-refractivity contribution in [2.75, 3.05) is 0 Å².